The van der Waals surface area contributed by atoms with Crippen LogP contribution >= 0.6 is 0 Å². The molecule has 3 aromatic carbocycles. The smallest absolute Gasteiger partial charge is 0.408 e. The zero-order valence-electron chi connectivity index (χ0n) is 21.6. The lowest BCUT2D eigenvalue weighted by Gasteiger charge is -2.19. The molecule has 0 unspecified atom stereocenters. The monoisotopic (exact) mass is 513 g/mol. The Hall–Kier alpha value is -4.39. The van der Waals surface area contributed by atoms with Gasteiger partial charge in [-0.1, -0.05) is 74.0 Å². The summed E-state index contributed by atoms with van der Waals surface area (Å²) in [6.07, 6.45) is 2.18. The highest BCUT2D eigenvalue weighted by molar-refractivity contribution is 5.88. The molecule has 0 radical (unpaired) electrons. The normalized spacial score (nSPS) is 11.6. The van der Waals surface area contributed by atoms with Crippen LogP contribution in [0.5, 0.6) is 5.75 Å². The number of esters is 1. The van der Waals surface area contributed by atoms with Crippen LogP contribution in [0.4, 0.5) is 4.79 Å². The van der Waals surface area contributed by atoms with Gasteiger partial charge in [0.2, 0.25) is 0 Å². The summed E-state index contributed by atoms with van der Waals surface area (Å²) in [5.41, 5.74) is 3.07. The highest BCUT2D eigenvalue weighted by Crippen LogP contribution is 2.29. The molecule has 4 aromatic rings. The number of fused-ring (bicyclic) bond motifs is 1. The number of carbonyl (C=O) groups excluding carboxylic acids is 2. The Morgan fingerprint density at radius 3 is 2.32 bits per heavy atom. The third-order valence-corrected chi connectivity index (χ3v) is 6.28. The molecule has 4 rings (SSSR count). The van der Waals surface area contributed by atoms with Crippen LogP contribution in [0.3, 0.4) is 0 Å². The molecular weight excluding hydrogens is 482 g/mol. The van der Waals surface area contributed by atoms with E-state index in [1.54, 1.807) is 19.1 Å². The van der Waals surface area contributed by atoms with Gasteiger partial charge in [0.25, 0.3) is 0 Å². The number of aryl methyl sites for hydroxylation is 2. The third-order valence-electron chi connectivity index (χ3n) is 6.28. The highest BCUT2D eigenvalue weighted by Gasteiger charge is 2.25. The number of alkyl carbamates (subject to hydrolysis) is 1. The van der Waals surface area contributed by atoms with Crippen molar-refractivity contribution in [2.24, 2.45) is 0 Å². The van der Waals surface area contributed by atoms with Crippen LogP contribution in [-0.4, -0.2) is 18.1 Å². The van der Waals surface area contributed by atoms with Crippen molar-refractivity contribution in [3.05, 3.63) is 112 Å². The number of rotatable bonds is 10. The van der Waals surface area contributed by atoms with Crippen molar-refractivity contribution in [2.45, 2.75) is 52.2 Å². The van der Waals surface area contributed by atoms with Crippen LogP contribution in [0.1, 0.15) is 42.0 Å². The Balaban J connectivity index is 1.54. The van der Waals surface area contributed by atoms with Crippen LogP contribution in [-0.2, 0) is 29.0 Å². The van der Waals surface area contributed by atoms with E-state index in [2.05, 4.69) is 12.2 Å². The van der Waals surface area contributed by atoms with Crippen LogP contribution in [0.25, 0.3) is 11.0 Å². The summed E-state index contributed by atoms with van der Waals surface area (Å²) in [5, 5.41) is 3.46. The van der Waals surface area contributed by atoms with E-state index in [9.17, 15) is 14.4 Å². The molecule has 0 aliphatic heterocycles. The summed E-state index contributed by atoms with van der Waals surface area (Å²) < 4.78 is 16.6. The first kappa shape index (κ1) is 26.7. The number of benzene rings is 3. The van der Waals surface area contributed by atoms with E-state index in [1.165, 1.54) is 6.07 Å². The summed E-state index contributed by atoms with van der Waals surface area (Å²) >= 11 is 0. The molecule has 0 bridgehead atoms. The van der Waals surface area contributed by atoms with Crippen LogP contribution < -0.4 is 15.7 Å². The van der Waals surface area contributed by atoms with E-state index >= 15 is 0 Å². The number of unbranched alkanes of at least 4 members (excludes halogenated alkanes) is 1. The summed E-state index contributed by atoms with van der Waals surface area (Å²) in [4.78, 5) is 38.1. The van der Waals surface area contributed by atoms with Crippen LogP contribution in [0, 0.1) is 6.92 Å². The molecule has 0 saturated carbocycles. The van der Waals surface area contributed by atoms with Crippen molar-refractivity contribution in [3.8, 4) is 5.75 Å². The van der Waals surface area contributed by atoms with Crippen molar-refractivity contribution in [3.63, 3.8) is 0 Å². The van der Waals surface area contributed by atoms with Gasteiger partial charge >= 0.3 is 17.7 Å². The maximum absolute atomic E-state index is 13.3. The standard InChI is InChI=1S/C31H31NO6/c1-3-4-15-24-19-28(33)38-29-21(2)27(17-16-25(24)29)37-30(34)26(18-22-11-7-5-8-12-22)32-31(35)36-20-23-13-9-6-10-14-23/h5-14,16-17,19,26H,3-4,15,18,20H2,1-2H3,(H,32,35)/t26-/m1/s1. The van der Waals surface area contributed by atoms with Crippen molar-refractivity contribution in [1.82, 2.24) is 5.32 Å². The summed E-state index contributed by atoms with van der Waals surface area (Å²) in [7, 11) is 0. The van der Waals surface area contributed by atoms with Gasteiger partial charge in [0.1, 0.15) is 24.0 Å². The maximum atomic E-state index is 13.3. The lowest BCUT2D eigenvalue weighted by molar-refractivity contribution is -0.136. The first-order valence-corrected chi connectivity index (χ1v) is 12.7. The topological polar surface area (TPSA) is 94.8 Å². The average molecular weight is 514 g/mol. The molecular formula is C31H31NO6. The molecule has 1 amide bonds. The number of hydrogen-bond donors (Lipinski definition) is 1. The number of hydrogen-bond acceptors (Lipinski definition) is 6. The van der Waals surface area contributed by atoms with Gasteiger partial charge in [-0.2, -0.15) is 0 Å². The van der Waals surface area contributed by atoms with Gasteiger partial charge in [-0.05, 0) is 48.6 Å². The number of amides is 1. The largest absolute Gasteiger partial charge is 0.445 e. The van der Waals surface area contributed by atoms with Gasteiger partial charge in [-0.3, -0.25) is 0 Å². The van der Waals surface area contributed by atoms with E-state index in [0.717, 1.165) is 41.3 Å². The van der Waals surface area contributed by atoms with Gasteiger partial charge < -0.3 is 19.2 Å². The first-order valence-electron chi connectivity index (χ1n) is 12.7. The van der Waals surface area contributed by atoms with E-state index < -0.39 is 23.7 Å². The van der Waals surface area contributed by atoms with Crippen molar-refractivity contribution < 1.29 is 23.5 Å². The third kappa shape index (κ3) is 6.88. The molecule has 1 atom stereocenters. The fraction of sp³-hybridized carbons (Fsp3) is 0.258. The predicted octanol–water partition coefficient (Wildman–Crippen LogP) is 5.89. The Labute approximate surface area is 221 Å². The predicted molar refractivity (Wildman–Crippen MR) is 145 cm³/mol. The van der Waals surface area contributed by atoms with Crippen LogP contribution in [0.15, 0.2) is 88.1 Å². The van der Waals surface area contributed by atoms with Gasteiger partial charge in [0, 0.05) is 23.4 Å². The summed E-state index contributed by atoms with van der Waals surface area (Å²) in [6, 6.07) is 22.6. The Kier molecular flexibility index (Phi) is 8.93. The van der Waals surface area contributed by atoms with Gasteiger partial charge in [0.15, 0.2) is 0 Å². The minimum absolute atomic E-state index is 0.0724. The second kappa shape index (κ2) is 12.7. The molecule has 0 aliphatic carbocycles. The Morgan fingerprint density at radius 2 is 1.63 bits per heavy atom. The van der Waals surface area contributed by atoms with Crippen LogP contribution in [0.2, 0.25) is 0 Å². The molecule has 0 fully saturated rings. The first-order chi connectivity index (χ1) is 18.4. The summed E-state index contributed by atoms with van der Waals surface area (Å²) in [5.74, 6) is -0.395. The molecule has 38 heavy (non-hydrogen) atoms. The SMILES string of the molecule is CCCCc1cc(=O)oc2c(C)c(OC(=O)[C@@H](Cc3ccccc3)NC(=O)OCc3ccccc3)ccc12. The molecule has 0 saturated heterocycles. The van der Waals surface area contributed by atoms with Gasteiger partial charge in [-0.15, -0.1) is 0 Å². The molecule has 7 nitrogen and oxygen atoms in total. The molecule has 196 valence electrons. The quantitative estimate of drug-likeness (QED) is 0.161. The molecule has 7 heteroatoms. The van der Waals surface area contributed by atoms with E-state index in [0.29, 0.717) is 11.1 Å². The lowest BCUT2D eigenvalue weighted by atomic mass is 10.0. The van der Waals surface area contributed by atoms with E-state index in [4.69, 9.17) is 13.9 Å². The molecule has 1 N–H and O–H groups in total. The van der Waals surface area contributed by atoms with Gasteiger partial charge in [-0.25, -0.2) is 14.4 Å². The number of nitrogens with one attached hydrogen (secondary N) is 1. The number of carbonyl (C=O) groups is 2. The van der Waals surface area contributed by atoms with Crippen molar-refractivity contribution >= 4 is 23.0 Å². The average Bonchev–Trinajstić information content (AvgIpc) is 2.93. The van der Waals surface area contributed by atoms with Gasteiger partial charge in [0.05, 0.1) is 0 Å². The second-order valence-electron chi connectivity index (χ2n) is 9.13. The molecule has 1 aromatic heterocycles. The lowest BCUT2D eigenvalue weighted by Crippen LogP contribution is -2.44. The fourth-order valence-corrected chi connectivity index (χ4v) is 4.22. The summed E-state index contributed by atoms with van der Waals surface area (Å²) in [6.45, 7) is 3.90. The minimum Gasteiger partial charge on any atom is -0.445 e. The highest BCUT2D eigenvalue weighted by atomic mass is 16.6. The zero-order chi connectivity index (χ0) is 26.9. The Morgan fingerprint density at radius 1 is 0.947 bits per heavy atom. The van der Waals surface area contributed by atoms with Crippen molar-refractivity contribution in [1.29, 1.82) is 0 Å². The second-order valence-corrected chi connectivity index (χ2v) is 9.13. The minimum atomic E-state index is -1.00. The fourth-order valence-electron chi connectivity index (χ4n) is 4.22. The van der Waals surface area contributed by atoms with E-state index in [1.807, 2.05) is 60.7 Å². The zero-order valence-corrected chi connectivity index (χ0v) is 21.6. The van der Waals surface area contributed by atoms with Crippen molar-refractivity contribution in [2.75, 3.05) is 0 Å². The Bertz CT molecular complexity index is 1450. The number of ether oxygens (including phenoxy) is 2. The molecule has 0 spiro atoms. The maximum Gasteiger partial charge on any atom is 0.408 e. The molecule has 0 aliphatic rings. The van der Waals surface area contributed by atoms with E-state index in [-0.39, 0.29) is 18.8 Å². The molecule has 1 heterocycles.